The third kappa shape index (κ3) is 2.88. The molecule has 15 heavy (non-hydrogen) atoms. The first kappa shape index (κ1) is 10.8. The Balaban J connectivity index is 1.85. The smallest absolute Gasteiger partial charge is 0.205 e. The molecule has 84 valence electrons. The van der Waals surface area contributed by atoms with Crippen LogP contribution in [0.2, 0.25) is 0 Å². The molecule has 1 saturated heterocycles. The number of hydrogen-bond acceptors (Lipinski definition) is 6. The van der Waals surface area contributed by atoms with Crippen molar-refractivity contribution in [2.45, 2.75) is 13.3 Å². The normalized spacial score (nSPS) is 24.2. The summed E-state index contributed by atoms with van der Waals surface area (Å²) in [6.07, 6.45) is 0.757. The van der Waals surface area contributed by atoms with Crippen molar-refractivity contribution in [2.75, 3.05) is 23.4 Å². The first-order valence-electron chi connectivity index (χ1n) is 4.79. The van der Waals surface area contributed by atoms with Crippen molar-refractivity contribution in [2.24, 2.45) is 5.92 Å². The summed E-state index contributed by atoms with van der Waals surface area (Å²) in [7, 11) is -2.77. The molecule has 0 aromatic carbocycles. The van der Waals surface area contributed by atoms with Crippen LogP contribution >= 0.6 is 11.3 Å². The molecule has 0 bridgehead atoms. The maximum absolute atomic E-state index is 11.2. The van der Waals surface area contributed by atoms with Crippen LogP contribution in [0.1, 0.15) is 11.4 Å². The molecule has 0 radical (unpaired) electrons. The summed E-state index contributed by atoms with van der Waals surface area (Å²) in [5.41, 5.74) is 0. The van der Waals surface area contributed by atoms with Crippen LogP contribution in [-0.2, 0) is 9.84 Å². The first-order chi connectivity index (χ1) is 7.05. The van der Waals surface area contributed by atoms with Crippen LogP contribution in [0.25, 0.3) is 0 Å². The van der Waals surface area contributed by atoms with E-state index in [4.69, 9.17) is 0 Å². The van der Waals surface area contributed by atoms with E-state index in [0.717, 1.165) is 16.6 Å². The summed E-state index contributed by atoms with van der Waals surface area (Å²) < 4.78 is 22.4. The van der Waals surface area contributed by atoms with Crippen molar-refractivity contribution in [1.82, 2.24) is 10.2 Å². The van der Waals surface area contributed by atoms with Crippen molar-refractivity contribution in [1.29, 1.82) is 0 Å². The minimum atomic E-state index is -2.77. The second-order valence-corrected chi connectivity index (χ2v) is 7.19. The van der Waals surface area contributed by atoms with E-state index in [1.54, 1.807) is 0 Å². The number of aryl methyl sites for hydroxylation is 1. The monoisotopic (exact) mass is 247 g/mol. The van der Waals surface area contributed by atoms with Crippen LogP contribution in [-0.4, -0.2) is 36.7 Å². The Hall–Kier alpha value is -0.690. The number of nitrogens with zero attached hydrogens (tertiary/aromatic N) is 2. The van der Waals surface area contributed by atoms with Crippen LogP contribution in [0.15, 0.2) is 0 Å². The predicted molar refractivity (Wildman–Crippen MR) is 59.9 cm³/mol. The Kier molecular flexibility index (Phi) is 2.92. The third-order valence-corrected chi connectivity index (χ3v) is 5.03. The molecule has 2 rings (SSSR count). The van der Waals surface area contributed by atoms with E-state index in [-0.39, 0.29) is 5.92 Å². The molecule has 0 amide bonds. The molecular weight excluding hydrogens is 234 g/mol. The van der Waals surface area contributed by atoms with Crippen LogP contribution in [0.5, 0.6) is 0 Å². The number of sulfone groups is 1. The van der Waals surface area contributed by atoms with Gasteiger partial charge in [-0.25, -0.2) is 8.42 Å². The molecule has 0 spiro atoms. The van der Waals surface area contributed by atoms with Crippen molar-refractivity contribution in [3.63, 3.8) is 0 Å². The summed E-state index contributed by atoms with van der Waals surface area (Å²) in [4.78, 5) is 0. The first-order valence-corrected chi connectivity index (χ1v) is 7.43. The van der Waals surface area contributed by atoms with Crippen LogP contribution in [0.3, 0.4) is 0 Å². The fourth-order valence-electron chi connectivity index (χ4n) is 1.63. The lowest BCUT2D eigenvalue weighted by atomic mass is 10.1. The van der Waals surface area contributed by atoms with E-state index in [9.17, 15) is 8.42 Å². The highest BCUT2D eigenvalue weighted by Gasteiger charge is 2.27. The molecule has 2 heterocycles. The number of aromatic nitrogens is 2. The van der Waals surface area contributed by atoms with Crippen molar-refractivity contribution in [3.05, 3.63) is 5.01 Å². The predicted octanol–water partition coefficient (Wildman–Crippen LogP) is 0.693. The van der Waals surface area contributed by atoms with Gasteiger partial charge < -0.3 is 5.32 Å². The molecule has 1 aromatic heterocycles. The molecule has 1 aliphatic heterocycles. The molecule has 7 heteroatoms. The van der Waals surface area contributed by atoms with Gasteiger partial charge in [0.05, 0.1) is 11.5 Å². The fraction of sp³-hybridized carbons (Fsp3) is 0.750. The molecule has 1 aliphatic rings. The maximum Gasteiger partial charge on any atom is 0.205 e. The zero-order chi connectivity index (χ0) is 10.9. The van der Waals surface area contributed by atoms with Gasteiger partial charge in [0.2, 0.25) is 5.13 Å². The average molecular weight is 247 g/mol. The second kappa shape index (κ2) is 4.05. The summed E-state index contributed by atoms with van der Waals surface area (Å²) in [6, 6.07) is 0. The van der Waals surface area contributed by atoms with Gasteiger partial charge in [0, 0.05) is 6.54 Å². The molecule has 0 aliphatic carbocycles. The van der Waals surface area contributed by atoms with Gasteiger partial charge in [0.15, 0.2) is 9.84 Å². The van der Waals surface area contributed by atoms with Gasteiger partial charge in [-0.3, -0.25) is 0 Å². The van der Waals surface area contributed by atoms with E-state index < -0.39 is 9.84 Å². The van der Waals surface area contributed by atoms with E-state index in [1.807, 2.05) is 6.92 Å². The van der Waals surface area contributed by atoms with E-state index >= 15 is 0 Å². The summed E-state index contributed by atoms with van der Waals surface area (Å²) >= 11 is 1.49. The summed E-state index contributed by atoms with van der Waals surface area (Å²) in [5.74, 6) is 0.853. The zero-order valence-electron chi connectivity index (χ0n) is 8.43. The Morgan fingerprint density at radius 1 is 1.53 bits per heavy atom. The average Bonchev–Trinajstić information content (AvgIpc) is 2.69. The Morgan fingerprint density at radius 2 is 2.33 bits per heavy atom. The molecule has 1 N–H and O–H groups in total. The Morgan fingerprint density at radius 3 is 2.87 bits per heavy atom. The lowest BCUT2D eigenvalue weighted by molar-refractivity contribution is 0.596. The van der Waals surface area contributed by atoms with Gasteiger partial charge in [0.25, 0.3) is 0 Å². The molecule has 1 atom stereocenters. The van der Waals surface area contributed by atoms with E-state index in [0.29, 0.717) is 18.1 Å². The molecule has 1 unspecified atom stereocenters. The van der Waals surface area contributed by atoms with Gasteiger partial charge in [0.1, 0.15) is 5.01 Å². The van der Waals surface area contributed by atoms with Crippen molar-refractivity contribution in [3.8, 4) is 0 Å². The highest BCUT2D eigenvalue weighted by atomic mass is 32.2. The van der Waals surface area contributed by atoms with Crippen LogP contribution in [0.4, 0.5) is 5.13 Å². The van der Waals surface area contributed by atoms with Gasteiger partial charge in [-0.05, 0) is 19.3 Å². The standard InChI is InChI=1S/C8H13N3O2S2/c1-6-10-11-8(14-6)9-4-7-2-3-15(12,13)5-7/h7H,2-5H2,1H3,(H,9,11). The lowest BCUT2D eigenvalue weighted by Gasteiger charge is -2.06. The Bertz CT molecular complexity index is 440. The van der Waals surface area contributed by atoms with Crippen molar-refractivity contribution >= 4 is 26.3 Å². The van der Waals surface area contributed by atoms with Gasteiger partial charge >= 0.3 is 0 Å². The number of rotatable bonds is 3. The summed E-state index contributed by atoms with van der Waals surface area (Å²) in [5, 5.41) is 12.6. The number of nitrogens with one attached hydrogen (secondary N) is 1. The minimum Gasteiger partial charge on any atom is -0.360 e. The van der Waals surface area contributed by atoms with Crippen LogP contribution in [0, 0.1) is 12.8 Å². The van der Waals surface area contributed by atoms with Gasteiger partial charge in [-0.1, -0.05) is 11.3 Å². The molecule has 1 fully saturated rings. The molecule has 0 saturated carbocycles. The number of hydrogen-bond donors (Lipinski definition) is 1. The topological polar surface area (TPSA) is 72.0 Å². The largest absolute Gasteiger partial charge is 0.360 e. The summed E-state index contributed by atoms with van der Waals surface area (Å²) in [6.45, 7) is 2.57. The van der Waals surface area contributed by atoms with E-state index in [1.165, 1.54) is 11.3 Å². The van der Waals surface area contributed by atoms with Gasteiger partial charge in [-0.2, -0.15) is 0 Å². The molecule has 5 nitrogen and oxygen atoms in total. The van der Waals surface area contributed by atoms with E-state index in [2.05, 4.69) is 15.5 Å². The SMILES string of the molecule is Cc1nnc(NCC2CCS(=O)(=O)C2)s1. The van der Waals surface area contributed by atoms with Crippen molar-refractivity contribution < 1.29 is 8.42 Å². The number of anilines is 1. The molecular formula is C8H13N3O2S2. The molecule has 1 aromatic rings. The van der Waals surface area contributed by atoms with Crippen LogP contribution < -0.4 is 5.32 Å². The highest BCUT2D eigenvalue weighted by Crippen LogP contribution is 2.20. The highest BCUT2D eigenvalue weighted by molar-refractivity contribution is 7.91. The zero-order valence-corrected chi connectivity index (χ0v) is 10.1. The lowest BCUT2D eigenvalue weighted by Crippen LogP contribution is -2.15. The fourth-order valence-corrected chi connectivity index (χ4v) is 4.09. The minimum absolute atomic E-state index is 0.221. The quantitative estimate of drug-likeness (QED) is 0.851. The second-order valence-electron chi connectivity index (χ2n) is 3.78. The third-order valence-electron chi connectivity index (χ3n) is 2.39. The Labute approximate surface area is 92.8 Å². The van der Waals surface area contributed by atoms with Gasteiger partial charge in [-0.15, -0.1) is 10.2 Å². The maximum atomic E-state index is 11.2.